The first kappa shape index (κ1) is 35.9. The molecule has 7 nitrogen and oxygen atoms in total. The normalized spacial score (nSPS) is 19.4. The summed E-state index contributed by atoms with van der Waals surface area (Å²) in [6.45, 7) is 17.3. The summed E-state index contributed by atoms with van der Waals surface area (Å²) in [5.74, 6) is 3.03. The zero-order chi connectivity index (χ0) is 32.3. The number of rotatable bonds is 18. The maximum atomic E-state index is 13.1. The number of nitrogens with zero attached hydrogens (tertiary/aromatic N) is 1. The van der Waals surface area contributed by atoms with Crippen LogP contribution in [0.5, 0.6) is 11.5 Å². The Morgan fingerprint density at radius 3 is 2.23 bits per heavy atom. The highest BCUT2D eigenvalue weighted by Gasteiger charge is 2.49. The summed E-state index contributed by atoms with van der Waals surface area (Å²) in [5.41, 5.74) is 1.71. The Hall–Kier alpha value is -2.61. The van der Waals surface area contributed by atoms with Crippen molar-refractivity contribution in [3.05, 3.63) is 59.7 Å². The minimum atomic E-state index is -0.668. The van der Waals surface area contributed by atoms with Crippen LogP contribution in [0.25, 0.3) is 0 Å². The van der Waals surface area contributed by atoms with E-state index in [4.69, 9.17) is 23.7 Å². The van der Waals surface area contributed by atoms with E-state index in [0.717, 1.165) is 37.2 Å². The standard InChI is InChI=1S/C37H57NO6/c1-26(2)31(20-30-16-17-34(41-9)36(21-30)43-19-13-18-40-8)22-33-35(44-37(6,7)38(33)28(5)39)23-32(27(3)4)25-42-24-29-14-11-10-12-15-29/h10-12,14-17,21,26-27,31-33,35H,13,18-20,22-25H2,1-9H3/t31-,32+,33-,35-/m0/s1. The van der Waals surface area contributed by atoms with Crippen LogP contribution in [0.2, 0.25) is 0 Å². The van der Waals surface area contributed by atoms with Gasteiger partial charge in [-0.3, -0.25) is 4.79 Å². The van der Waals surface area contributed by atoms with Crippen molar-refractivity contribution in [1.29, 1.82) is 0 Å². The van der Waals surface area contributed by atoms with E-state index in [9.17, 15) is 4.79 Å². The van der Waals surface area contributed by atoms with Gasteiger partial charge in [0.15, 0.2) is 11.5 Å². The van der Waals surface area contributed by atoms with E-state index in [0.29, 0.717) is 50.1 Å². The molecule has 0 radical (unpaired) electrons. The first-order chi connectivity index (χ1) is 21.0. The van der Waals surface area contributed by atoms with Gasteiger partial charge in [0.2, 0.25) is 5.91 Å². The number of hydrogen-bond acceptors (Lipinski definition) is 6. The van der Waals surface area contributed by atoms with Crippen LogP contribution in [-0.2, 0) is 32.0 Å². The molecular weight excluding hydrogens is 554 g/mol. The van der Waals surface area contributed by atoms with Gasteiger partial charge in [-0.2, -0.15) is 0 Å². The van der Waals surface area contributed by atoms with Crippen molar-refractivity contribution in [2.45, 2.75) is 98.6 Å². The molecule has 1 saturated heterocycles. The SMILES string of the molecule is COCCCOc1cc(C[C@@H](C[C@H]2[C@H](C[C@H](COCc3ccccc3)C(C)C)OC(C)(C)N2C(C)=O)C(C)C)ccc1OC. The van der Waals surface area contributed by atoms with Crippen LogP contribution >= 0.6 is 0 Å². The van der Waals surface area contributed by atoms with Crippen molar-refractivity contribution in [3.63, 3.8) is 0 Å². The van der Waals surface area contributed by atoms with E-state index in [2.05, 4.69) is 52.0 Å². The Kier molecular flexibility index (Phi) is 14.0. The summed E-state index contributed by atoms with van der Waals surface area (Å²) in [6.07, 6.45) is 3.32. The Balaban J connectivity index is 1.78. The average Bonchev–Trinajstić information content (AvgIpc) is 3.23. The molecule has 0 aromatic heterocycles. The maximum absolute atomic E-state index is 13.1. The third-order valence-electron chi connectivity index (χ3n) is 9.00. The minimum Gasteiger partial charge on any atom is -0.493 e. The van der Waals surface area contributed by atoms with E-state index < -0.39 is 5.72 Å². The predicted octanol–water partition coefficient (Wildman–Crippen LogP) is 7.55. The van der Waals surface area contributed by atoms with Crippen molar-refractivity contribution in [1.82, 2.24) is 4.90 Å². The number of benzene rings is 2. The van der Waals surface area contributed by atoms with Crippen molar-refractivity contribution < 1.29 is 28.5 Å². The summed E-state index contributed by atoms with van der Waals surface area (Å²) in [7, 11) is 3.37. The third-order valence-corrected chi connectivity index (χ3v) is 9.00. The van der Waals surface area contributed by atoms with Gasteiger partial charge in [-0.25, -0.2) is 0 Å². The molecular formula is C37H57NO6. The highest BCUT2D eigenvalue weighted by atomic mass is 16.5. The monoisotopic (exact) mass is 611 g/mol. The average molecular weight is 612 g/mol. The van der Waals surface area contributed by atoms with Crippen molar-refractivity contribution in [3.8, 4) is 11.5 Å². The minimum absolute atomic E-state index is 0.0201. The first-order valence-corrected chi connectivity index (χ1v) is 16.3. The molecule has 246 valence electrons. The van der Waals surface area contributed by atoms with Crippen LogP contribution in [0, 0.1) is 23.7 Å². The van der Waals surface area contributed by atoms with Crippen molar-refractivity contribution >= 4 is 5.91 Å². The lowest BCUT2D eigenvalue weighted by Crippen LogP contribution is -2.48. The lowest BCUT2D eigenvalue weighted by molar-refractivity contribution is -0.145. The van der Waals surface area contributed by atoms with E-state index in [1.54, 1.807) is 21.1 Å². The third kappa shape index (κ3) is 10.2. The molecule has 1 aliphatic heterocycles. The molecule has 0 unspecified atom stereocenters. The summed E-state index contributed by atoms with van der Waals surface area (Å²) in [4.78, 5) is 15.1. The molecule has 44 heavy (non-hydrogen) atoms. The molecule has 0 bridgehead atoms. The van der Waals surface area contributed by atoms with Crippen LogP contribution in [0.15, 0.2) is 48.5 Å². The fraction of sp³-hybridized carbons (Fsp3) is 0.649. The molecule has 4 atom stereocenters. The van der Waals surface area contributed by atoms with Gasteiger partial charge < -0.3 is 28.6 Å². The molecule has 3 rings (SSSR count). The van der Waals surface area contributed by atoms with Gasteiger partial charge in [0.25, 0.3) is 0 Å². The molecule has 2 aromatic carbocycles. The van der Waals surface area contributed by atoms with Crippen LogP contribution in [0.3, 0.4) is 0 Å². The summed E-state index contributed by atoms with van der Waals surface area (Å²) < 4.78 is 29.8. The van der Waals surface area contributed by atoms with E-state index >= 15 is 0 Å². The molecule has 0 spiro atoms. The first-order valence-electron chi connectivity index (χ1n) is 16.3. The number of hydrogen-bond donors (Lipinski definition) is 0. The Labute approximate surface area is 266 Å². The Morgan fingerprint density at radius 2 is 1.61 bits per heavy atom. The van der Waals surface area contributed by atoms with Crippen molar-refractivity contribution in [2.75, 3.05) is 34.0 Å². The highest BCUT2D eigenvalue weighted by molar-refractivity contribution is 5.74. The molecule has 1 heterocycles. The molecule has 0 aliphatic carbocycles. The predicted molar refractivity (Wildman–Crippen MR) is 176 cm³/mol. The topological polar surface area (TPSA) is 66.5 Å². The van der Waals surface area contributed by atoms with Crippen LogP contribution in [0.4, 0.5) is 0 Å². The second-order valence-corrected chi connectivity index (χ2v) is 13.4. The van der Waals surface area contributed by atoms with Crippen LogP contribution in [-0.4, -0.2) is 62.7 Å². The van der Waals surface area contributed by atoms with E-state index in [1.165, 1.54) is 11.1 Å². The van der Waals surface area contributed by atoms with Gasteiger partial charge >= 0.3 is 0 Å². The maximum Gasteiger partial charge on any atom is 0.222 e. The number of carbonyl (C=O) groups is 1. The van der Waals surface area contributed by atoms with Crippen LogP contribution in [0.1, 0.15) is 78.9 Å². The lowest BCUT2D eigenvalue weighted by Gasteiger charge is -2.36. The fourth-order valence-electron chi connectivity index (χ4n) is 6.43. The summed E-state index contributed by atoms with van der Waals surface area (Å²) >= 11 is 0. The van der Waals surface area contributed by atoms with Gasteiger partial charge in [-0.1, -0.05) is 64.1 Å². The van der Waals surface area contributed by atoms with Gasteiger partial charge in [0, 0.05) is 27.1 Å². The Bertz CT molecular complexity index is 1130. The number of ether oxygens (including phenoxy) is 5. The molecule has 1 aliphatic rings. The van der Waals surface area contributed by atoms with Crippen LogP contribution < -0.4 is 9.47 Å². The van der Waals surface area contributed by atoms with Gasteiger partial charge in [0.1, 0.15) is 5.72 Å². The zero-order valence-electron chi connectivity index (χ0n) is 28.6. The van der Waals surface area contributed by atoms with E-state index in [-0.39, 0.29) is 18.1 Å². The van der Waals surface area contributed by atoms with Gasteiger partial charge in [-0.05, 0) is 80.0 Å². The summed E-state index contributed by atoms with van der Waals surface area (Å²) in [5, 5.41) is 0. The largest absolute Gasteiger partial charge is 0.493 e. The second kappa shape index (κ2) is 17.2. The molecule has 1 amide bonds. The fourth-order valence-corrected chi connectivity index (χ4v) is 6.43. The molecule has 2 aromatic rings. The molecule has 0 saturated carbocycles. The van der Waals surface area contributed by atoms with Gasteiger partial charge in [0.05, 0.1) is 39.1 Å². The summed E-state index contributed by atoms with van der Waals surface area (Å²) in [6, 6.07) is 16.5. The smallest absolute Gasteiger partial charge is 0.222 e. The highest BCUT2D eigenvalue weighted by Crippen LogP contribution is 2.41. The number of methoxy groups -OCH3 is 2. The number of carbonyl (C=O) groups excluding carboxylic acids is 1. The van der Waals surface area contributed by atoms with E-state index in [1.807, 2.05) is 43.0 Å². The molecule has 0 N–H and O–H groups in total. The Morgan fingerprint density at radius 1 is 0.909 bits per heavy atom. The quantitative estimate of drug-likeness (QED) is 0.162. The van der Waals surface area contributed by atoms with Gasteiger partial charge in [-0.15, -0.1) is 0 Å². The molecule has 7 heteroatoms. The lowest BCUT2D eigenvalue weighted by atomic mass is 9.80. The number of amides is 1. The zero-order valence-corrected chi connectivity index (χ0v) is 28.6. The molecule has 1 fully saturated rings. The van der Waals surface area contributed by atoms with Crippen molar-refractivity contribution in [2.24, 2.45) is 23.7 Å². The second-order valence-electron chi connectivity index (χ2n) is 13.4.